The molecule has 19 heavy (non-hydrogen) atoms. The van der Waals surface area contributed by atoms with Crippen molar-refractivity contribution >= 4 is 27.0 Å². The van der Waals surface area contributed by atoms with Crippen LogP contribution >= 0.6 is 15.9 Å². The molecule has 0 amide bonds. The Balaban J connectivity index is 2.26. The largest absolute Gasteiger partial charge is 0.338 e. The fraction of sp³-hybridized carbons (Fsp3) is 0. The summed E-state index contributed by atoms with van der Waals surface area (Å²) in [5.74, 6) is -1.84. The molecule has 0 saturated carbocycles. The van der Waals surface area contributed by atoms with Crippen LogP contribution < -0.4 is 0 Å². The van der Waals surface area contributed by atoms with E-state index >= 15 is 0 Å². The number of imidazole rings is 1. The van der Waals surface area contributed by atoms with Gasteiger partial charge in [-0.2, -0.15) is 0 Å². The zero-order chi connectivity index (χ0) is 13.6. The zero-order valence-corrected chi connectivity index (χ0v) is 10.9. The number of halogens is 4. The Kier molecular flexibility index (Phi) is 2.82. The highest BCUT2D eigenvalue weighted by Crippen LogP contribution is 2.27. The lowest BCUT2D eigenvalue weighted by Gasteiger charge is -1.99. The van der Waals surface area contributed by atoms with Crippen LogP contribution in [0.5, 0.6) is 0 Å². The molecule has 1 aromatic heterocycles. The number of H-pyrrole nitrogens is 1. The Morgan fingerprint density at radius 2 is 1.79 bits per heavy atom. The first-order chi connectivity index (χ1) is 9.04. The molecule has 0 unspecified atom stereocenters. The van der Waals surface area contributed by atoms with E-state index in [1.54, 1.807) is 6.07 Å². The summed E-state index contributed by atoms with van der Waals surface area (Å²) in [6.07, 6.45) is 0. The number of hydrogen-bond acceptors (Lipinski definition) is 1. The van der Waals surface area contributed by atoms with Crippen molar-refractivity contribution in [2.24, 2.45) is 0 Å². The molecule has 0 bridgehead atoms. The second kappa shape index (κ2) is 4.38. The maximum Gasteiger partial charge on any atom is 0.153 e. The molecule has 2 aromatic carbocycles. The van der Waals surface area contributed by atoms with Gasteiger partial charge in [0.1, 0.15) is 23.0 Å². The molecule has 6 heteroatoms. The van der Waals surface area contributed by atoms with Crippen LogP contribution in [0.15, 0.2) is 34.8 Å². The van der Waals surface area contributed by atoms with E-state index < -0.39 is 17.5 Å². The number of nitrogens with one attached hydrogen (secondary N) is 1. The van der Waals surface area contributed by atoms with Gasteiger partial charge < -0.3 is 4.98 Å². The first-order valence-corrected chi connectivity index (χ1v) is 6.14. The minimum Gasteiger partial charge on any atom is -0.338 e. The van der Waals surface area contributed by atoms with E-state index in [0.717, 1.165) is 12.1 Å². The van der Waals surface area contributed by atoms with E-state index in [1.807, 2.05) is 0 Å². The number of hydrogen-bond donors (Lipinski definition) is 1. The second-order valence-electron chi connectivity index (χ2n) is 3.99. The van der Waals surface area contributed by atoms with Gasteiger partial charge in [0.05, 0.1) is 11.1 Å². The fourth-order valence-corrected chi connectivity index (χ4v) is 2.21. The molecular weight excluding hydrogens is 321 g/mol. The molecule has 3 aromatic rings. The molecule has 1 N–H and O–H groups in total. The fourth-order valence-electron chi connectivity index (χ4n) is 1.85. The standard InChI is InChI=1S/C13H6BrF3N2/c14-6-1-2-9(16)8(3-6)13-18-11-5-7(15)4-10(17)12(11)19-13/h1-5H,(H,18,19). The van der Waals surface area contributed by atoms with Crippen molar-refractivity contribution in [2.75, 3.05) is 0 Å². The summed E-state index contributed by atoms with van der Waals surface area (Å²) in [5, 5.41) is 0. The lowest BCUT2D eigenvalue weighted by Crippen LogP contribution is -1.86. The number of nitrogens with zero attached hydrogens (tertiary/aromatic N) is 1. The second-order valence-corrected chi connectivity index (χ2v) is 4.91. The van der Waals surface area contributed by atoms with Crippen LogP contribution in [0.2, 0.25) is 0 Å². The van der Waals surface area contributed by atoms with E-state index in [4.69, 9.17) is 0 Å². The number of benzene rings is 2. The summed E-state index contributed by atoms with van der Waals surface area (Å²) in [4.78, 5) is 6.68. The smallest absolute Gasteiger partial charge is 0.153 e. The molecular formula is C13H6BrF3N2. The molecule has 0 atom stereocenters. The molecule has 0 spiro atoms. The maximum absolute atomic E-state index is 13.7. The van der Waals surface area contributed by atoms with Crippen molar-refractivity contribution in [1.29, 1.82) is 0 Å². The zero-order valence-electron chi connectivity index (χ0n) is 9.35. The third-order valence-electron chi connectivity index (χ3n) is 2.69. The molecule has 0 saturated heterocycles. The van der Waals surface area contributed by atoms with Crippen LogP contribution in [-0.2, 0) is 0 Å². The summed E-state index contributed by atoms with van der Waals surface area (Å²) in [7, 11) is 0. The normalized spacial score (nSPS) is 11.2. The van der Waals surface area contributed by atoms with E-state index in [-0.39, 0.29) is 22.4 Å². The lowest BCUT2D eigenvalue weighted by molar-refractivity contribution is 0.590. The maximum atomic E-state index is 13.7. The predicted molar refractivity (Wildman–Crippen MR) is 69.1 cm³/mol. The van der Waals surface area contributed by atoms with Crippen molar-refractivity contribution in [3.63, 3.8) is 0 Å². The molecule has 0 aliphatic heterocycles. The average molecular weight is 327 g/mol. The molecule has 1 heterocycles. The van der Waals surface area contributed by atoms with E-state index in [0.29, 0.717) is 4.47 Å². The van der Waals surface area contributed by atoms with Crippen molar-refractivity contribution in [2.45, 2.75) is 0 Å². The third kappa shape index (κ3) is 2.12. The van der Waals surface area contributed by atoms with Gasteiger partial charge in [0.25, 0.3) is 0 Å². The summed E-state index contributed by atoms with van der Waals surface area (Å²) >= 11 is 3.22. The number of aromatic nitrogens is 2. The molecule has 0 aliphatic carbocycles. The van der Waals surface area contributed by atoms with Gasteiger partial charge in [0.2, 0.25) is 0 Å². The van der Waals surface area contributed by atoms with E-state index in [2.05, 4.69) is 25.9 Å². The number of rotatable bonds is 1. The van der Waals surface area contributed by atoms with Gasteiger partial charge >= 0.3 is 0 Å². The Morgan fingerprint density at radius 3 is 2.58 bits per heavy atom. The van der Waals surface area contributed by atoms with Gasteiger partial charge in [0.15, 0.2) is 5.82 Å². The highest BCUT2D eigenvalue weighted by Gasteiger charge is 2.14. The quantitative estimate of drug-likeness (QED) is 0.705. The van der Waals surface area contributed by atoms with Crippen LogP contribution in [0.3, 0.4) is 0 Å². The summed E-state index contributed by atoms with van der Waals surface area (Å²) in [6, 6.07) is 6.18. The summed E-state index contributed by atoms with van der Waals surface area (Å²) in [6.45, 7) is 0. The Hall–Kier alpha value is -1.82. The molecule has 0 aliphatic rings. The Bertz CT molecular complexity index is 783. The lowest BCUT2D eigenvalue weighted by atomic mass is 10.2. The highest BCUT2D eigenvalue weighted by atomic mass is 79.9. The third-order valence-corrected chi connectivity index (χ3v) is 3.18. The Morgan fingerprint density at radius 1 is 1.00 bits per heavy atom. The van der Waals surface area contributed by atoms with Gasteiger partial charge in [-0.05, 0) is 24.3 Å². The van der Waals surface area contributed by atoms with Crippen molar-refractivity contribution in [3.8, 4) is 11.4 Å². The first kappa shape index (κ1) is 12.2. The monoisotopic (exact) mass is 326 g/mol. The predicted octanol–water partition coefficient (Wildman–Crippen LogP) is 4.41. The topological polar surface area (TPSA) is 28.7 Å². The number of fused-ring (bicyclic) bond motifs is 1. The van der Waals surface area contributed by atoms with Gasteiger partial charge in [-0.15, -0.1) is 0 Å². The van der Waals surface area contributed by atoms with E-state index in [9.17, 15) is 13.2 Å². The van der Waals surface area contributed by atoms with Crippen molar-refractivity contribution in [1.82, 2.24) is 9.97 Å². The molecule has 0 radical (unpaired) electrons. The highest BCUT2D eigenvalue weighted by molar-refractivity contribution is 9.10. The van der Waals surface area contributed by atoms with Crippen LogP contribution in [0.4, 0.5) is 13.2 Å². The van der Waals surface area contributed by atoms with Crippen LogP contribution in [0.25, 0.3) is 22.4 Å². The van der Waals surface area contributed by atoms with Gasteiger partial charge in [-0.25, -0.2) is 18.2 Å². The Labute approximate surface area is 114 Å². The summed E-state index contributed by atoms with van der Waals surface area (Å²) < 4.78 is 41.0. The minimum absolute atomic E-state index is 0.0178. The molecule has 0 fully saturated rings. The first-order valence-electron chi connectivity index (χ1n) is 5.35. The minimum atomic E-state index is -0.784. The van der Waals surface area contributed by atoms with Gasteiger partial charge in [-0.3, -0.25) is 0 Å². The molecule has 2 nitrogen and oxygen atoms in total. The van der Waals surface area contributed by atoms with Crippen LogP contribution in [0.1, 0.15) is 0 Å². The molecule has 96 valence electrons. The van der Waals surface area contributed by atoms with Gasteiger partial charge in [0, 0.05) is 10.5 Å². The van der Waals surface area contributed by atoms with Crippen LogP contribution in [0, 0.1) is 17.5 Å². The van der Waals surface area contributed by atoms with Crippen LogP contribution in [-0.4, -0.2) is 9.97 Å². The number of aromatic amines is 1. The average Bonchev–Trinajstić information content (AvgIpc) is 2.76. The molecule has 3 rings (SSSR count). The van der Waals surface area contributed by atoms with Gasteiger partial charge in [-0.1, -0.05) is 15.9 Å². The van der Waals surface area contributed by atoms with Crippen molar-refractivity contribution in [3.05, 3.63) is 52.3 Å². The summed E-state index contributed by atoms with van der Waals surface area (Å²) in [5.41, 5.74) is 0.355. The van der Waals surface area contributed by atoms with E-state index in [1.165, 1.54) is 12.1 Å². The van der Waals surface area contributed by atoms with Crippen molar-refractivity contribution < 1.29 is 13.2 Å². The SMILES string of the molecule is Fc1cc(F)c2nc(-c3cc(Br)ccc3F)[nH]c2c1.